The van der Waals surface area contributed by atoms with Crippen molar-refractivity contribution in [2.24, 2.45) is 7.05 Å². The number of piperidine rings is 1. The van der Waals surface area contributed by atoms with Gasteiger partial charge >= 0.3 is 0 Å². The van der Waals surface area contributed by atoms with Gasteiger partial charge in [0.15, 0.2) is 0 Å². The highest BCUT2D eigenvalue weighted by Crippen LogP contribution is 2.32. The minimum atomic E-state index is 0.198. The highest BCUT2D eigenvalue weighted by molar-refractivity contribution is 5.66. The van der Waals surface area contributed by atoms with Crippen LogP contribution in [0.4, 0.5) is 11.5 Å². The van der Waals surface area contributed by atoms with Crippen LogP contribution in [0.5, 0.6) is 5.88 Å². The average molecular weight is 454 g/mol. The summed E-state index contributed by atoms with van der Waals surface area (Å²) < 4.78 is 8.60. The number of pyridine rings is 1. The first-order valence-electron chi connectivity index (χ1n) is 12.2. The third-order valence-electron chi connectivity index (χ3n) is 7.45. The molecule has 2 aromatic rings. The fraction of sp³-hybridized carbons (Fsp3) is 0.625. The van der Waals surface area contributed by atoms with Gasteiger partial charge in [-0.05, 0) is 44.9 Å². The molecule has 1 N–H and O–H groups in total. The van der Waals surface area contributed by atoms with Gasteiger partial charge in [-0.15, -0.1) is 0 Å². The maximum atomic E-state index is 13.2. The lowest BCUT2D eigenvalue weighted by molar-refractivity contribution is 0.396. The number of hydroxylamine groups is 1. The van der Waals surface area contributed by atoms with E-state index in [0.717, 1.165) is 71.4 Å². The molecule has 2 aromatic heterocycles. The maximum absolute atomic E-state index is 13.2. The fourth-order valence-corrected chi connectivity index (χ4v) is 5.51. The first-order valence-corrected chi connectivity index (χ1v) is 12.2. The van der Waals surface area contributed by atoms with Gasteiger partial charge in [0.05, 0.1) is 7.11 Å². The number of aromatic nitrogens is 3. The van der Waals surface area contributed by atoms with E-state index in [1.165, 1.54) is 19.3 Å². The highest BCUT2D eigenvalue weighted by Gasteiger charge is 2.29. The van der Waals surface area contributed by atoms with Gasteiger partial charge in [-0.25, -0.2) is 0 Å². The molecule has 3 aliphatic rings. The van der Waals surface area contributed by atoms with E-state index in [1.807, 2.05) is 42.0 Å². The van der Waals surface area contributed by atoms with Crippen LogP contribution in [0.3, 0.4) is 0 Å². The number of hydrogen-bond acceptors (Lipinski definition) is 7. The van der Waals surface area contributed by atoms with E-state index in [9.17, 15) is 5.21 Å². The van der Waals surface area contributed by atoms with E-state index >= 15 is 0 Å². The molecule has 9 heteroatoms. The third-order valence-corrected chi connectivity index (χ3v) is 7.45. The van der Waals surface area contributed by atoms with Gasteiger partial charge in [0.25, 0.3) is 5.36 Å². The van der Waals surface area contributed by atoms with Crippen LogP contribution in [0.1, 0.15) is 56.6 Å². The van der Waals surface area contributed by atoms with Crippen LogP contribution < -0.4 is 35.3 Å². The number of fused-ring (bicyclic) bond motifs is 1. The number of methoxy groups -OCH3 is 1. The van der Waals surface area contributed by atoms with Gasteiger partial charge in [0.2, 0.25) is 12.5 Å². The van der Waals surface area contributed by atoms with Crippen LogP contribution in [0.25, 0.3) is 6.20 Å². The van der Waals surface area contributed by atoms with Crippen molar-refractivity contribution >= 4 is 17.7 Å². The second-order valence-electron chi connectivity index (χ2n) is 9.44. The number of aryl methyl sites for hydroxylation is 1. The number of nitrogens with zero attached hydrogens (tertiary/aromatic N) is 6. The SMILES string of the molecule is CNC1CCN(c2ccc(N3C=c4c(c(C5CCCCC5)nn4C)=[N+]([O-])C3)c(OC)n2)CC1. The maximum Gasteiger partial charge on any atom is 0.263 e. The number of nitrogens with one attached hydrogen (secondary N) is 1. The molecule has 5 rings (SSSR count). The smallest absolute Gasteiger partial charge is 0.263 e. The molecule has 2 fully saturated rings. The van der Waals surface area contributed by atoms with Crippen molar-refractivity contribution < 1.29 is 4.74 Å². The molecule has 33 heavy (non-hydrogen) atoms. The minimum Gasteiger partial charge on any atom is -0.622 e. The Balaban J connectivity index is 1.45. The second kappa shape index (κ2) is 9.21. The molecule has 0 bridgehead atoms. The predicted molar refractivity (Wildman–Crippen MR) is 130 cm³/mol. The number of hydrogen-bond donors (Lipinski definition) is 1. The monoisotopic (exact) mass is 453 g/mol. The zero-order valence-corrected chi connectivity index (χ0v) is 20.0. The average Bonchev–Trinajstić information content (AvgIpc) is 3.21. The summed E-state index contributed by atoms with van der Waals surface area (Å²) in [5, 5.41) is 23.0. The lowest BCUT2D eigenvalue weighted by Gasteiger charge is -2.33. The van der Waals surface area contributed by atoms with Crippen LogP contribution in [0.15, 0.2) is 12.1 Å². The molecule has 0 unspecified atom stereocenters. The van der Waals surface area contributed by atoms with Gasteiger partial charge in [-0.1, -0.05) is 19.3 Å². The Bertz CT molecular complexity index is 1110. The summed E-state index contributed by atoms with van der Waals surface area (Å²) in [6.07, 6.45) is 10.2. The molecular formula is C24H35N7O2. The van der Waals surface area contributed by atoms with Crippen molar-refractivity contribution in [2.45, 2.75) is 56.9 Å². The molecule has 2 aliphatic heterocycles. The summed E-state index contributed by atoms with van der Waals surface area (Å²) in [6.45, 7) is 2.13. The fourth-order valence-electron chi connectivity index (χ4n) is 5.51. The number of ether oxygens (including phenoxy) is 1. The van der Waals surface area contributed by atoms with E-state index in [2.05, 4.69) is 10.2 Å². The van der Waals surface area contributed by atoms with E-state index in [1.54, 1.807) is 7.11 Å². The minimum absolute atomic E-state index is 0.198. The van der Waals surface area contributed by atoms with Gasteiger partial charge < -0.3 is 20.2 Å². The van der Waals surface area contributed by atoms with Crippen molar-refractivity contribution in [3.8, 4) is 5.88 Å². The topological polar surface area (TPSA) is 84.5 Å². The Labute approximate surface area is 194 Å². The molecular weight excluding hydrogens is 418 g/mol. The normalized spacial score (nSPS) is 20.0. The summed E-state index contributed by atoms with van der Waals surface area (Å²) in [5.41, 5.74) is 1.75. The zero-order chi connectivity index (χ0) is 22.9. The molecule has 0 amide bonds. The Morgan fingerprint density at radius 2 is 1.88 bits per heavy atom. The van der Waals surface area contributed by atoms with E-state index in [-0.39, 0.29) is 6.67 Å². The standard InChI is InChI=1S/C24H35N7O2/c1-25-18-11-13-29(14-12-18)21-10-9-19(24(26-21)33-3)30-15-20-23(31(32)16-30)22(27-28(20)2)17-7-5-4-6-8-17/h9-10,15,17-18,25H,4-8,11-14,16H2,1-3H3. The lowest BCUT2D eigenvalue weighted by Crippen LogP contribution is -2.50. The van der Waals surface area contributed by atoms with Crippen LogP contribution in [-0.2, 0) is 7.05 Å². The Morgan fingerprint density at radius 1 is 1.12 bits per heavy atom. The molecule has 0 radical (unpaired) electrons. The van der Waals surface area contributed by atoms with Crippen LogP contribution in [0.2, 0.25) is 0 Å². The van der Waals surface area contributed by atoms with E-state index < -0.39 is 0 Å². The van der Waals surface area contributed by atoms with Gasteiger partial charge in [0.1, 0.15) is 22.5 Å². The molecule has 0 spiro atoms. The Kier molecular flexibility index (Phi) is 6.14. The lowest BCUT2D eigenvalue weighted by atomic mass is 9.87. The summed E-state index contributed by atoms with van der Waals surface area (Å²) in [5.74, 6) is 1.83. The van der Waals surface area contributed by atoms with Crippen LogP contribution >= 0.6 is 0 Å². The molecule has 178 valence electrons. The van der Waals surface area contributed by atoms with E-state index in [4.69, 9.17) is 14.8 Å². The molecule has 9 nitrogen and oxygen atoms in total. The molecule has 1 saturated carbocycles. The molecule has 1 saturated heterocycles. The Hall–Kier alpha value is -2.81. The quantitative estimate of drug-likeness (QED) is 0.539. The number of anilines is 2. The van der Waals surface area contributed by atoms with Crippen molar-refractivity contribution in [2.75, 3.05) is 43.7 Å². The van der Waals surface area contributed by atoms with Crippen LogP contribution in [-0.4, -0.2) is 54.7 Å². The highest BCUT2D eigenvalue weighted by atomic mass is 16.5. The van der Waals surface area contributed by atoms with Gasteiger partial charge in [-0.2, -0.15) is 14.8 Å². The first-order chi connectivity index (χ1) is 16.1. The van der Waals surface area contributed by atoms with Crippen molar-refractivity contribution in [1.82, 2.24) is 24.8 Å². The number of rotatable bonds is 5. The van der Waals surface area contributed by atoms with Gasteiger partial charge in [0, 0.05) is 38.3 Å². The summed E-state index contributed by atoms with van der Waals surface area (Å²) >= 11 is 0. The summed E-state index contributed by atoms with van der Waals surface area (Å²) in [7, 11) is 5.58. The largest absolute Gasteiger partial charge is 0.622 e. The molecule has 4 heterocycles. The molecule has 0 aromatic carbocycles. The molecule has 1 aliphatic carbocycles. The van der Waals surface area contributed by atoms with Crippen molar-refractivity contribution in [1.29, 1.82) is 0 Å². The molecule has 0 atom stereocenters. The third kappa shape index (κ3) is 4.14. The second-order valence-corrected chi connectivity index (χ2v) is 9.44. The summed E-state index contributed by atoms with van der Waals surface area (Å²) in [4.78, 5) is 9.02. The van der Waals surface area contributed by atoms with E-state index in [0.29, 0.717) is 17.8 Å². The summed E-state index contributed by atoms with van der Waals surface area (Å²) in [6, 6.07) is 4.62. The van der Waals surface area contributed by atoms with Crippen molar-refractivity contribution in [3.63, 3.8) is 0 Å². The van der Waals surface area contributed by atoms with Crippen LogP contribution in [0, 0.1) is 5.21 Å². The van der Waals surface area contributed by atoms with Crippen molar-refractivity contribution in [3.05, 3.63) is 33.7 Å². The Morgan fingerprint density at radius 3 is 2.58 bits per heavy atom. The predicted octanol–water partition coefficient (Wildman–Crippen LogP) is 1.26. The zero-order valence-electron chi connectivity index (χ0n) is 20.0. The van der Waals surface area contributed by atoms with Gasteiger partial charge in [-0.3, -0.25) is 9.58 Å². The first kappa shape index (κ1) is 22.0.